The summed E-state index contributed by atoms with van der Waals surface area (Å²) in [6, 6.07) is 15.9. The number of anilines is 1. The van der Waals surface area contributed by atoms with Crippen molar-refractivity contribution in [3.63, 3.8) is 0 Å². The molecule has 0 atom stereocenters. The SMILES string of the molecule is CC.CC(=O)CCC(=O)N1Cc2ccccc2/C=C\c2ccccc21. The number of hydrogen-bond donors (Lipinski definition) is 0. The van der Waals surface area contributed by atoms with E-state index >= 15 is 0 Å². The number of benzene rings is 2. The van der Waals surface area contributed by atoms with Crippen molar-refractivity contribution < 1.29 is 9.59 Å². The van der Waals surface area contributed by atoms with Crippen LogP contribution in [0.5, 0.6) is 0 Å². The Bertz CT molecular complexity index is 777. The second-order valence-electron chi connectivity index (χ2n) is 5.77. The fourth-order valence-electron chi connectivity index (χ4n) is 2.79. The van der Waals surface area contributed by atoms with E-state index in [1.807, 2.05) is 62.4 Å². The van der Waals surface area contributed by atoms with Gasteiger partial charge in [-0.05, 0) is 29.7 Å². The van der Waals surface area contributed by atoms with Crippen molar-refractivity contribution in [2.75, 3.05) is 4.90 Å². The highest BCUT2D eigenvalue weighted by Crippen LogP contribution is 2.29. The fraction of sp³-hybridized carbons (Fsp3) is 0.273. The van der Waals surface area contributed by atoms with Crippen LogP contribution in [0.1, 0.15) is 50.3 Å². The molecule has 0 fully saturated rings. The Kier molecular flexibility index (Phi) is 6.70. The Morgan fingerprint density at radius 3 is 2.20 bits per heavy atom. The lowest BCUT2D eigenvalue weighted by atomic mass is 10.0. The number of amides is 1. The fourth-order valence-corrected chi connectivity index (χ4v) is 2.79. The molecular weight excluding hydrogens is 310 g/mol. The van der Waals surface area contributed by atoms with Crippen molar-refractivity contribution in [3.05, 3.63) is 65.2 Å². The highest BCUT2D eigenvalue weighted by molar-refractivity contribution is 5.98. The lowest BCUT2D eigenvalue weighted by molar-refractivity contribution is -0.123. The van der Waals surface area contributed by atoms with Crippen LogP contribution < -0.4 is 4.90 Å². The Hall–Kier alpha value is -2.68. The molecule has 3 heteroatoms. The summed E-state index contributed by atoms with van der Waals surface area (Å²) in [5.41, 5.74) is 4.13. The third-order valence-electron chi connectivity index (χ3n) is 4.05. The van der Waals surface area contributed by atoms with Crippen LogP contribution in [0.15, 0.2) is 48.5 Å². The van der Waals surface area contributed by atoms with Crippen LogP contribution in [0.4, 0.5) is 5.69 Å². The molecule has 0 saturated heterocycles. The van der Waals surface area contributed by atoms with Crippen molar-refractivity contribution in [3.8, 4) is 0 Å². The maximum atomic E-state index is 12.7. The summed E-state index contributed by atoms with van der Waals surface area (Å²) in [7, 11) is 0. The summed E-state index contributed by atoms with van der Waals surface area (Å²) in [5, 5.41) is 0. The van der Waals surface area contributed by atoms with Crippen molar-refractivity contribution in [1.29, 1.82) is 0 Å². The van der Waals surface area contributed by atoms with E-state index in [4.69, 9.17) is 0 Å². The molecule has 0 aromatic heterocycles. The number of fused-ring (bicyclic) bond motifs is 2. The molecule has 2 aromatic carbocycles. The molecule has 3 nitrogen and oxygen atoms in total. The van der Waals surface area contributed by atoms with Crippen LogP contribution in [0.3, 0.4) is 0 Å². The molecule has 1 heterocycles. The lowest BCUT2D eigenvalue weighted by Crippen LogP contribution is -2.31. The molecule has 25 heavy (non-hydrogen) atoms. The van der Waals surface area contributed by atoms with E-state index in [-0.39, 0.29) is 24.5 Å². The first-order chi connectivity index (χ1) is 12.1. The molecule has 1 aliphatic rings. The van der Waals surface area contributed by atoms with E-state index in [1.54, 1.807) is 4.90 Å². The molecule has 0 bridgehead atoms. The number of ketones is 1. The maximum absolute atomic E-state index is 12.7. The van der Waals surface area contributed by atoms with Crippen molar-refractivity contribution in [2.24, 2.45) is 0 Å². The molecule has 130 valence electrons. The molecule has 0 radical (unpaired) electrons. The summed E-state index contributed by atoms with van der Waals surface area (Å²) in [5.74, 6) is 0.0247. The van der Waals surface area contributed by atoms with Crippen LogP contribution in [0, 0.1) is 0 Å². The highest BCUT2D eigenvalue weighted by Gasteiger charge is 2.20. The molecule has 0 N–H and O–H groups in total. The molecular formula is C22H25NO2. The third-order valence-corrected chi connectivity index (χ3v) is 4.05. The number of Topliss-reactive ketones (excluding diaryl/α,β-unsaturated/α-hetero) is 1. The second-order valence-corrected chi connectivity index (χ2v) is 5.77. The summed E-state index contributed by atoms with van der Waals surface area (Å²) in [6.45, 7) is 6.04. The molecule has 1 amide bonds. The quantitative estimate of drug-likeness (QED) is 0.782. The average molecular weight is 335 g/mol. The van der Waals surface area contributed by atoms with Gasteiger partial charge in [-0.2, -0.15) is 0 Å². The van der Waals surface area contributed by atoms with E-state index < -0.39 is 0 Å². The topological polar surface area (TPSA) is 37.4 Å². The second kappa shape index (κ2) is 8.97. The number of nitrogens with zero attached hydrogens (tertiary/aromatic N) is 1. The first kappa shape index (κ1) is 18.7. The summed E-state index contributed by atoms with van der Waals surface area (Å²) in [4.78, 5) is 25.7. The van der Waals surface area contributed by atoms with E-state index in [9.17, 15) is 9.59 Å². The zero-order chi connectivity index (χ0) is 18.2. The van der Waals surface area contributed by atoms with Crippen LogP contribution >= 0.6 is 0 Å². The first-order valence-electron chi connectivity index (χ1n) is 8.80. The zero-order valence-corrected chi connectivity index (χ0v) is 15.2. The predicted molar refractivity (Wildman–Crippen MR) is 104 cm³/mol. The minimum absolute atomic E-state index is 0.0160. The summed E-state index contributed by atoms with van der Waals surface area (Å²) in [6.07, 6.45) is 4.66. The minimum Gasteiger partial charge on any atom is -0.307 e. The van der Waals surface area contributed by atoms with Gasteiger partial charge in [0, 0.05) is 12.8 Å². The Morgan fingerprint density at radius 1 is 0.880 bits per heavy atom. The third kappa shape index (κ3) is 4.66. The molecule has 3 rings (SSSR count). The zero-order valence-electron chi connectivity index (χ0n) is 15.2. The van der Waals surface area contributed by atoms with Gasteiger partial charge in [-0.1, -0.05) is 68.5 Å². The standard InChI is InChI=1S/C20H19NO2.C2H6/c1-15(22)10-13-20(23)21-14-18-8-3-2-6-16(18)11-12-17-7-4-5-9-19(17)21;1-2/h2-9,11-12H,10,13-14H2,1H3;1-2H3/b12-11-;. The molecule has 2 aromatic rings. The van der Waals surface area contributed by atoms with Gasteiger partial charge in [0.05, 0.1) is 12.2 Å². The van der Waals surface area contributed by atoms with E-state index in [0.717, 1.165) is 22.4 Å². The summed E-state index contributed by atoms with van der Waals surface area (Å²) < 4.78 is 0. The van der Waals surface area contributed by atoms with Gasteiger partial charge in [0.25, 0.3) is 0 Å². The molecule has 1 aliphatic heterocycles. The number of carbonyl (C=O) groups excluding carboxylic acids is 2. The minimum atomic E-state index is -0.0160. The van der Waals surface area contributed by atoms with Crippen molar-refractivity contribution >= 4 is 29.5 Å². The largest absolute Gasteiger partial charge is 0.307 e. The van der Waals surface area contributed by atoms with Crippen molar-refractivity contribution in [2.45, 2.75) is 40.2 Å². The van der Waals surface area contributed by atoms with Gasteiger partial charge in [-0.25, -0.2) is 0 Å². The van der Waals surface area contributed by atoms with Gasteiger partial charge in [0.15, 0.2) is 0 Å². The number of hydrogen-bond acceptors (Lipinski definition) is 2. The van der Waals surface area contributed by atoms with Crippen LogP contribution in [-0.2, 0) is 16.1 Å². The molecule has 0 spiro atoms. The van der Waals surface area contributed by atoms with E-state index in [1.165, 1.54) is 6.92 Å². The normalized spacial score (nSPS) is 13.3. The maximum Gasteiger partial charge on any atom is 0.227 e. The Morgan fingerprint density at radius 2 is 1.48 bits per heavy atom. The monoisotopic (exact) mass is 335 g/mol. The number of rotatable bonds is 3. The van der Waals surface area contributed by atoms with Crippen LogP contribution in [0.25, 0.3) is 12.2 Å². The van der Waals surface area contributed by atoms with Gasteiger partial charge in [-0.3, -0.25) is 4.79 Å². The Balaban J connectivity index is 0.00000109. The van der Waals surface area contributed by atoms with Gasteiger partial charge in [0.1, 0.15) is 5.78 Å². The first-order valence-corrected chi connectivity index (χ1v) is 8.80. The number of para-hydroxylation sites is 1. The lowest BCUT2D eigenvalue weighted by Gasteiger charge is -2.27. The van der Waals surface area contributed by atoms with Gasteiger partial charge in [0.2, 0.25) is 5.91 Å². The van der Waals surface area contributed by atoms with Gasteiger partial charge < -0.3 is 9.69 Å². The summed E-state index contributed by atoms with van der Waals surface area (Å²) >= 11 is 0. The molecule has 0 aliphatic carbocycles. The smallest absolute Gasteiger partial charge is 0.227 e. The van der Waals surface area contributed by atoms with Crippen molar-refractivity contribution in [1.82, 2.24) is 0 Å². The van der Waals surface area contributed by atoms with Crippen LogP contribution in [0.2, 0.25) is 0 Å². The highest BCUT2D eigenvalue weighted by atomic mass is 16.2. The van der Waals surface area contributed by atoms with Crippen LogP contribution in [-0.4, -0.2) is 11.7 Å². The average Bonchev–Trinajstić information content (AvgIpc) is 2.63. The molecule has 0 saturated carbocycles. The van der Waals surface area contributed by atoms with Gasteiger partial charge >= 0.3 is 0 Å². The van der Waals surface area contributed by atoms with Gasteiger partial charge in [-0.15, -0.1) is 0 Å². The van der Waals surface area contributed by atoms with E-state index in [0.29, 0.717) is 6.54 Å². The predicted octanol–water partition coefficient (Wildman–Crippen LogP) is 5.10. The molecule has 0 unspecified atom stereocenters. The number of carbonyl (C=O) groups is 2. The van der Waals surface area contributed by atoms with E-state index in [2.05, 4.69) is 12.1 Å². The Labute approximate surface area is 150 Å².